The van der Waals surface area contributed by atoms with Crippen LogP contribution in [0.2, 0.25) is 0 Å². The van der Waals surface area contributed by atoms with Crippen molar-refractivity contribution in [3.8, 4) is 5.75 Å². The number of phenolic OH excluding ortho intramolecular Hbond substituents is 1. The number of aromatic hydroxyl groups is 1. The number of ether oxygens (including phenoxy) is 1. The van der Waals surface area contributed by atoms with Crippen LogP contribution in [0.4, 0.5) is 0 Å². The lowest BCUT2D eigenvalue weighted by molar-refractivity contribution is 0.0600. The van der Waals surface area contributed by atoms with Gasteiger partial charge in [0.25, 0.3) is 0 Å². The summed E-state index contributed by atoms with van der Waals surface area (Å²) in [5, 5.41) is 9.39. The largest absolute Gasteiger partial charge is 0.508 e. The number of benzene rings is 2. The smallest absolute Gasteiger partial charge is 0.338 e. The molecule has 0 aliphatic heterocycles. The predicted molar refractivity (Wildman–Crippen MR) is 79.6 cm³/mol. The standard InChI is InChI=1S/C17H16O3/c1-12-11-15(18)10-9-13(12)7-8-14-5-3-4-6-16(14)17(19)20-2/h3-11,18H,1-2H3/b8-7+. The topological polar surface area (TPSA) is 46.5 Å². The molecule has 3 nitrogen and oxygen atoms in total. The van der Waals surface area contributed by atoms with E-state index in [0.29, 0.717) is 5.56 Å². The van der Waals surface area contributed by atoms with Gasteiger partial charge in [-0.05, 0) is 41.8 Å². The van der Waals surface area contributed by atoms with Crippen molar-refractivity contribution in [3.05, 3.63) is 64.7 Å². The van der Waals surface area contributed by atoms with E-state index in [2.05, 4.69) is 0 Å². The Hall–Kier alpha value is -2.55. The van der Waals surface area contributed by atoms with Crippen molar-refractivity contribution in [2.75, 3.05) is 7.11 Å². The Morgan fingerprint density at radius 3 is 2.50 bits per heavy atom. The summed E-state index contributed by atoms with van der Waals surface area (Å²) in [6, 6.07) is 12.4. The number of esters is 1. The van der Waals surface area contributed by atoms with Crippen molar-refractivity contribution >= 4 is 18.1 Å². The minimum Gasteiger partial charge on any atom is -0.508 e. The second-order valence-electron chi connectivity index (χ2n) is 4.45. The lowest BCUT2D eigenvalue weighted by atomic mass is 10.0. The number of methoxy groups -OCH3 is 1. The highest BCUT2D eigenvalue weighted by molar-refractivity contribution is 5.94. The van der Waals surface area contributed by atoms with Gasteiger partial charge < -0.3 is 9.84 Å². The number of phenols is 1. The van der Waals surface area contributed by atoms with E-state index < -0.39 is 0 Å². The van der Waals surface area contributed by atoms with E-state index in [1.165, 1.54) is 7.11 Å². The molecule has 0 bridgehead atoms. The Balaban J connectivity index is 2.34. The second-order valence-corrected chi connectivity index (χ2v) is 4.45. The van der Waals surface area contributed by atoms with Crippen LogP contribution in [0.1, 0.15) is 27.0 Å². The molecule has 2 rings (SSSR count). The summed E-state index contributed by atoms with van der Waals surface area (Å²) in [7, 11) is 1.37. The fourth-order valence-electron chi connectivity index (χ4n) is 1.96. The van der Waals surface area contributed by atoms with Gasteiger partial charge in [0.15, 0.2) is 0 Å². The van der Waals surface area contributed by atoms with Gasteiger partial charge in [-0.25, -0.2) is 4.79 Å². The van der Waals surface area contributed by atoms with Crippen molar-refractivity contribution in [1.82, 2.24) is 0 Å². The lowest BCUT2D eigenvalue weighted by Gasteiger charge is -2.04. The quantitative estimate of drug-likeness (QED) is 0.682. The summed E-state index contributed by atoms with van der Waals surface area (Å²) in [5.74, 6) is -0.109. The highest BCUT2D eigenvalue weighted by Crippen LogP contribution is 2.19. The first-order valence-corrected chi connectivity index (χ1v) is 6.27. The van der Waals surface area contributed by atoms with Gasteiger partial charge in [-0.15, -0.1) is 0 Å². The highest BCUT2D eigenvalue weighted by atomic mass is 16.5. The summed E-state index contributed by atoms with van der Waals surface area (Å²) in [4.78, 5) is 11.7. The van der Waals surface area contributed by atoms with E-state index in [1.807, 2.05) is 37.3 Å². The number of aryl methyl sites for hydroxylation is 1. The van der Waals surface area contributed by atoms with E-state index in [-0.39, 0.29) is 11.7 Å². The molecule has 0 atom stereocenters. The number of carbonyl (C=O) groups excluding carboxylic acids is 1. The minimum absolute atomic E-state index is 0.245. The van der Waals surface area contributed by atoms with Crippen LogP contribution in [0.3, 0.4) is 0 Å². The Morgan fingerprint density at radius 2 is 1.80 bits per heavy atom. The molecular weight excluding hydrogens is 252 g/mol. The SMILES string of the molecule is COC(=O)c1ccccc1/C=C/c1ccc(O)cc1C. The molecule has 20 heavy (non-hydrogen) atoms. The fourth-order valence-corrected chi connectivity index (χ4v) is 1.96. The molecule has 2 aromatic rings. The zero-order chi connectivity index (χ0) is 14.5. The van der Waals surface area contributed by atoms with Crippen LogP contribution in [0.25, 0.3) is 12.2 Å². The summed E-state index contributed by atoms with van der Waals surface area (Å²) < 4.78 is 4.76. The van der Waals surface area contributed by atoms with Crippen LogP contribution < -0.4 is 0 Å². The average Bonchev–Trinajstić information content (AvgIpc) is 2.46. The van der Waals surface area contributed by atoms with Crippen LogP contribution in [0.5, 0.6) is 5.75 Å². The van der Waals surface area contributed by atoms with Gasteiger partial charge in [0.1, 0.15) is 5.75 Å². The molecule has 3 heteroatoms. The third kappa shape index (κ3) is 3.06. The minimum atomic E-state index is -0.354. The Labute approximate surface area is 118 Å². The third-order valence-electron chi connectivity index (χ3n) is 3.06. The number of hydrogen-bond donors (Lipinski definition) is 1. The van der Waals surface area contributed by atoms with Crippen LogP contribution in [-0.2, 0) is 4.74 Å². The van der Waals surface area contributed by atoms with E-state index in [0.717, 1.165) is 16.7 Å². The first kappa shape index (κ1) is 13.9. The predicted octanol–water partition coefficient (Wildman–Crippen LogP) is 3.66. The molecule has 2 aromatic carbocycles. The van der Waals surface area contributed by atoms with Gasteiger partial charge in [0.05, 0.1) is 12.7 Å². The van der Waals surface area contributed by atoms with Crippen molar-refractivity contribution < 1.29 is 14.6 Å². The maximum Gasteiger partial charge on any atom is 0.338 e. The highest BCUT2D eigenvalue weighted by Gasteiger charge is 2.08. The number of carbonyl (C=O) groups is 1. The van der Waals surface area contributed by atoms with E-state index in [9.17, 15) is 9.90 Å². The van der Waals surface area contributed by atoms with Crippen LogP contribution in [-0.4, -0.2) is 18.2 Å². The fraction of sp³-hybridized carbons (Fsp3) is 0.118. The molecule has 0 saturated carbocycles. The molecule has 0 radical (unpaired) electrons. The third-order valence-corrected chi connectivity index (χ3v) is 3.06. The van der Waals surface area contributed by atoms with E-state index in [4.69, 9.17) is 4.74 Å². The van der Waals surface area contributed by atoms with Gasteiger partial charge >= 0.3 is 5.97 Å². The number of rotatable bonds is 3. The summed E-state index contributed by atoms with van der Waals surface area (Å²) in [6.07, 6.45) is 3.78. The summed E-state index contributed by atoms with van der Waals surface area (Å²) >= 11 is 0. The van der Waals surface area contributed by atoms with Crippen molar-refractivity contribution in [3.63, 3.8) is 0 Å². The molecule has 0 fully saturated rings. The molecule has 0 saturated heterocycles. The first-order chi connectivity index (χ1) is 9.61. The molecule has 0 aliphatic rings. The van der Waals surface area contributed by atoms with Gasteiger partial charge in [0, 0.05) is 0 Å². The maximum absolute atomic E-state index is 11.7. The molecule has 0 heterocycles. The van der Waals surface area contributed by atoms with E-state index >= 15 is 0 Å². The summed E-state index contributed by atoms with van der Waals surface area (Å²) in [5.41, 5.74) is 3.29. The molecule has 0 aliphatic carbocycles. The first-order valence-electron chi connectivity index (χ1n) is 6.27. The van der Waals surface area contributed by atoms with Crippen molar-refractivity contribution in [2.24, 2.45) is 0 Å². The monoisotopic (exact) mass is 268 g/mol. The van der Waals surface area contributed by atoms with Crippen LogP contribution in [0.15, 0.2) is 42.5 Å². The average molecular weight is 268 g/mol. The second kappa shape index (κ2) is 6.06. The summed E-state index contributed by atoms with van der Waals surface area (Å²) in [6.45, 7) is 1.92. The van der Waals surface area contributed by atoms with Crippen LogP contribution >= 0.6 is 0 Å². The molecule has 1 N–H and O–H groups in total. The van der Waals surface area contributed by atoms with Gasteiger partial charge in [0.2, 0.25) is 0 Å². The Morgan fingerprint density at radius 1 is 1.10 bits per heavy atom. The lowest BCUT2D eigenvalue weighted by Crippen LogP contribution is -2.03. The van der Waals surface area contributed by atoms with Gasteiger partial charge in [-0.2, -0.15) is 0 Å². The molecule has 0 amide bonds. The number of hydrogen-bond acceptors (Lipinski definition) is 3. The Kier molecular flexibility index (Phi) is 4.20. The maximum atomic E-state index is 11.7. The van der Waals surface area contributed by atoms with Gasteiger partial charge in [-0.1, -0.05) is 36.4 Å². The molecule has 0 unspecified atom stereocenters. The van der Waals surface area contributed by atoms with E-state index in [1.54, 1.807) is 24.3 Å². The van der Waals surface area contributed by atoms with Crippen LogP contribution in [0, 0.1) is 6.92 Å². The van der Waals surface area contributed by atoms with Crippen molar-refractivity contribution in [1.29, 1.82) is 0 Å². The van der Waals surface area contributed by atoms with Crippen molar-refractivity contribution in [2.45, 2.75) is 6.92 Å². The zero-order valence-corrected chi connectivity index (χ0v) is 11.5. The molecule has 0 spiro atoms. The normalized spacial score (nSPS) is 10.7. The molecule has 0 aromatic heterocycles. The molecule has 102 valence electrons. The Bertz CT molecular complexity index is 657. The molecular formula is C17H16O3. The zero-order valence-electron chi connectivity index (χ0n) is 11.5. The van der Waals surface area contributed by atoms with Gasteiger partial charge in [-0.3, -0.25) is 0 Å².